The van der Waals surface area contributed by atoms with Crippen molar-refractivity contribution in [3.63, 3.8) is 0 Å². The maximum Gasteiger partial charge on any atom is 0.311 e. The molecule has 0 aliphatic carbocycles. The molecule has 0 saturated carbocycles. The van der Waals surface area contributed by atoms with Crippen LogP contribution >= 0.6 is 0 Å². The summed E-state index contributed by atoms with van der Waals surface area (Å²) < 4.78 is 5.55. The van der Waals surface area contributed by atoms with Gasteiger partial charge in [0.25, 0.3) is 0 Å². The third-order valence-corrected chi connectivity index (χ3v) is 3.02. The van der Waals surface area contributed by atoms with Gasteiger partial charge in [0.1, 0.15) is 11.6 Å². The minimum Gasteiger partial charge on any atom is -0.450 e. The van der Waals surface area contributed by atoms with E-state index >= 15 is 0 Å². The van der Waals surface area contributed by atoms with Crippen LogP contribution in [0.2, 0.25) is 0 Å². The first-order chi connectivity index (χ1) is 10.0. The van der Waals surface area contributed by atoms with Crippen LogP contribution in [0.25, 0.3) is 0 Å². The minimum atomic E-state index is -0.460. The van der Waals surface area contributed by atoms with E-state index in [0.717, 1.165) is 5.56 Å². The van der Waals surface area contributed by atoms with Crippen molar-refractivity contribution < 1.29 is 9.66 Å². The lowest BCUT2D eigenvalue weighted by atomic mass is 10.1. The van der Waals surface area contributed by atoms with E-state index in [1.165, 1.54) is 6.07 Å². The lowest BCUT2D eigenvalue weighted by molar-refractivity contribution is -0.385. The van der Waals surface area contributed by atoms with Gasteiger partial charge in [0.15, 0.2) is 0 Å². The van der Waals surface area contributed by atoms with Crippen LogP contribution in [0.15, 0.2) is 42.5 Å². The lowest BCUT2D eigenvalue weighted by Gasteiger charge is -2.08. The van der Waals surface area contributed by atoms with Crippen LogP contribution in [0.1, 0.15) is 18.1 Å². The molecule has 3 N–H and O–H groups in total. The van der Waals surface area contributed by atoms with Gasteiger partial charge in [-0.25, -0.2) is 0 Å². The lowest BCUT2D eigenvalue weighted by Crippen LogP contribution is -2.10. The van der Waals surface area contributed by atoms with Crippen LogP contribution in [0.3, 0.4) is 0 Å². The monoisotopic (exact) mass is 285 g/mol. The van der Waals surface area contributed by atoms with Gasteiger partial charge in [0, 0.05) is 11.6 Å². The maximum atomic E-state index is 11.1. The standard InChI is InChI=1S/C15H15N3O3/c1-2-10-3-8-14(13(9-10)18(19)20)21-12-6-4-11(5-7-12)15(16)17/h3-9H,2H2,1H3,(H3,16,17). The topological polar surface area (TPSA) is 102 Å². The number of nitro groups is 1. The SMILES string of the molecule is CCc1ccc(Oc2ccc(C(=N)N)cc2)c([N+](=O)[O-])c1. The van der Waals surface area contributed by atoms with Crippen LogP contribution in [-0.4, -0.2) is 10.8 Å². The Hall–Kier alpha value is -2.89. The second-order valence-corrected chi connectivity index (χ2v) is 4.45. The summed E-state index contributed by atoms with van der Waals surface area (Å²) in [5.74, 6) is 0.597. The predicted octanol–water partition coefficient (Wildman–Crippen LogP) is 3.23. The molecule has 0 aliphatic rings. The van der Waals surface area contributed by atoms with Crippen molar-refractivity contribution >= 4 is 11.5 Å². The fraction of sp³-hybridized carbons (Fsp3) is 0.133. The molecule has 2 aromatic rings. The molecule has 0 fully saturated rings. The molecule has 6 nitrogen and oxygen atoms in total. The highest BCUT2D eigenvalue weighted by Gasteiger charge is 2.16. The molecule has 0 unspecified atom stereocenters. The first-order valence-electron chi connectivity index (χ1n) is 6.41. The first-order valence-corrected chi connectivity index (χ1v) is 6.41. The number of benzene rings is 2. The summed E-state index contributed by atoms with van der Waals surface area (Å²) in [6, 6.07) is 11.4. The number of hydrogen-bond donors (Lipinski definition) is 2. The summed E-state index contributed by atoms with van der Waals surface area (Å²) in [4.78, 5) is 10.6. The van der Waals surface area contributed by atoms with Gasteiger partial charge in [-0.1, -0.05) is 13.0 Å². The van der Waals surface area contributed by atoms with E-state index in [9.17, 15) is 10.1 Å². The van der Waals surface area contributed by atoms with Gasteiger partial charge in [0.05, 0.1) is 4.92 Å². The van der Waals surface area contributed by atoms with Gasteiger partial charge in [-0.2, -0.15) is 0 Å². The van der Waals surface area contributed by atoms with Crippen molar-refractivity contribution in [1.29, 1.82) is 5.41 Å². The highest BCUT2D eigenvalue weighted by atomic mass is 16.6. The van der Waals surface area contributed by atoms with Crippen LogP contribution in [-0.2, 0) is 6.42 Å². The molecule has 0 bridgehead atoms. The number of rotatable bonds is 5. The van der Waals surface area contributed by atoms with E-state index in [1.54, 1.807) is 36.4 Å². The molecule has 21 heavy (non-hydrogen) atoms. The third kappa shape index (κ3) is 3.36. The number of nitrogens with zero attached hydrogens (tertiary/aromatic N) is 1. The zero-order valence-electron chi connectivity index (χ0n) is 11.5. The van der Waals surface area contributed by atoms with Crippen LogP contribution in [0.4, 0.5) is 5.69 Å². The Bertz CT molecular complexity index is 681. The van der Waals surface area contributed by atoms with Gasteiger partial charge < -0.3 is 10.5 Å². The molecule has 0 saturated heterocycles. The van der Waals surface area contributed by atoms with E-state index in [1.807, 2.05) is 6.92 Å². The number of nitrogen functional groups attached to an aromatic ring is 1. The normalized spacial score (nSPS) is 10.1. The number of ether oxygens (including phenoxy) is 1. The van der Waals surface area contributed by atoms with Gasteiger partial charge >= 0.3 is 5.69 Å². The second-order valence-electron chi connectivity index (χ2n) is 4.45. The Morgan fingerprint density at radius 3 is 2.48 bits per heavy atom. The third-order valence-electron chi connectivity index (χ3n) is 3.02. The summed E-state index contributed by atoms with van der Waals surface area (Å²) in [5.41, 5.74) is 6.74. The molecule has 0 aliphatic heterocycles. The summed E-state index contributed by atoms with van der Waals surface area (Å²) in [6.45, 7) is 1.93. The zero-order valence-corrected chi connectivity index (χ0v) is 11.5. The number of amidine groups is 1. The second kappa shape index (κ2) is 6.04. The van der Waals surface area contributed by atoms with E-state index in [-0.39, 0.29) is 17.3 Å². The van der Waals surface area contributed by atoms with Crippen LogP contribution in [0.5, 0.6) is 11.5 Å². The minimum absolute atomic E-state index is 0.0418. The van der Waals surface area contributed by atoms with Crippen LogP contribution < -0.4 is 10.5 Å². The molecular weight excluding hydrogens is 270 g/mol. The van der Waals surface area contributed by atoms with Gasteiger partial charge in [-0.3, -0.25) is 15.5 Å². The average molecular weight is 285 g/mol. The molecular formula is C15H15N3O3. The van der Waals surface area contributed by atoms with Crippen LogP contribution in [0, 0.1) is 15.5 Å². The molecule has 2 rings (SSSR count). The van der Waals surface area contributed by atoms with Gasteiger partial charge in [0.2, 0.25) is 5.75 Å². The average Bonchev–Trinajstić information content (AvgIpc) is 2.48. The summed E-state index contributed by atoms with van der Waals surface area (Å²) in [5, 5.41) is 18.4. The van der Waals surface area contributed by atoms with Crippen molar-refractivity contribution in [3.8, 4) is 11.5 Å². The van der Waals surface area contributed by atoms with Crippen molar-refractivity contribution in [3.05, 3.63) is 63.7 Å². The largest absolute Gasteiger partial charge is 0.450 e. The quantitative estimate of drug-likeness (QED) is 0.381. The zero-order chi connectivity index (χ0) is 15.4. The fourth-order valence-electron chi connectivity index (χ4n) is 1.84. The number of aryl methyl sites for hydroxylation is 1. The van der Waals surface area contributed by atoms with Crippen molar-refractivity contribution in [2.45, 2.75) is 13.3 Å². The Morgan fingerprint density at radius 1 is 1.29 bits per heavy atom. The molecule has 2 aromatic carbocycles. The number of nitrogens with two attached hydrogens (primary N) is 1. The smallest absolute Gasteiger partial charge is 0.311 e. The Morgan fingerprint density at radius 2 is 1.95 bits per heavy atom. The molecule has 0 heterocycles. The Kier molecular flexibility index (Phi) is 4.18. The molecule has 0 spiro atoms. The Labute approximate surface area is 121 Å². The molecule has 6 heteroatoms. The van der Waals surface area contributed by atoms with Crippen molar-refractivity contribution in [1.82, 2.24) is 0 Å². The number of hydrogen-bond acceptors (Lipinski definition) is 4. The van der Waals surface area contributed by atoms with Crippen molar-refractivity contribution in [2.75, 3.05) is 0 Å². The molecule has 0 aromatic heterocycles. The molecule has 0 radical (unpaired) electrons. The summed E-state index contributed by atoms with van der Waals surface area (Å²) >= 11 is 0. The maximum absolute atomic E-state index is 11.1. The van der Waals surface area contributed by atoms with E-state index in [2.05, 4.69) is 0 Å². The number of nitrogens with one attached hydrogen (secondary N) is 1. The number of nitro benzene ring substituents is 1. The molecule has 0 atom stereocenters. The highest BCUT2D eigenvalue weighted by Crippen LogP contribution is 2.32. The van der Waals surface area contributed by atoms with E-state index in [4.69, 9.17) is 15.9 Å². The fourth-order valence-corrected chi connectivity index (χ4v) is 1.84. The van der Waals surface area contributed by atoms with Crippen molar-refractivity contribution in [2.24, 2.45) is 5.73 Å². The van der Waals surface area contributed by atoms with Gasteiger partial charge in [-0.05, 0) is 42.3 Å². The highest BCUT2D eigenvalue weighted by molar-refractivity contribution is 5.94. The Balaban J connectivity index is 2.30. The van der Waals surface area contributed by atoms with E-state index < -0.39 is 4.92 Å². The first kappa shape index (κ1) is 14.5. The molecule has 108 valence electrons. The predicted molar refractivity (Wildman–Crippen MR) is 80.0 cm³/mol. The van der Waals surface area contributed by atoms with E-state index in [0.29, 0.717) is 17.7 Å². The summed E-state index contributed by atoms with van der Waals surface area (Å²) in [7, 11) is 0. The van der Waals surface area contributed by atoms with Gasteiger partial charge in [-0.15, -0.1) is 0 Å². The summed E-state index contributed by atoms with van der Waals surface area (Å²) in [6.07, 6.45) is 0.717. The molecule has 0 amide bonds.